The van der Waals surface area contributed by atoms with Gasteiger partial charge in [-0.2, -0.15) is 15.0 Å². The van der Waals surface area contributed by atoms with Crippen LogP contribution in [0.15, 0.2) is 48.9 Å². The van der Waals surface area contributed by atoms with Gasteiger partial charge in [-0.3, -0.25) is 4.57 Å². The summed E-state index contributed by atoms with van der Waals surface area (Å²) in [7, 11) is 0. The summed E-state index contributed by atoms with van der Waals surface area (Å²) in [6.45, 7) is 4.87. The van der Waals surface area contributed by atoms with Crippen LogP contribution in [-0.4, -0.2) is 53.8 Å². The van der Waals surface area contributed by atoms with Crippen LogP contribution in [0, 0.1) is 0 Å². The molecule has 4 N–H and O–H groups in total. The van der Waals surface area contributed by atoms with Gasteiger partial charge in [0, 0.05) is 25.3 Å². The lowest BCUT2D eigenvalue weighted by molar-refractivity contribution is 0.311. The molecule has 1 aromatic carbocycles. The first kappa shape index (κ1) is 20.5. The van der Waals surface area contributed by atoms with Crippen molar-refractivity contribution in [2.24, 2.45) is 0 Å². The van der Waals surface area contributed by atoms with Crippen LogP contribution in [0.3, 0.4) is 0 Å². The number of aliphatic hydroxyl groups excluding tert-OH is 1. The maximum Gasteiger partial charge on any atom is 0.229 e. The predicted molar refractivity (Wildman–Crippen MR) is 120 cm³/mol. The first-order valence-electron chi connectivity index (χ1n) is 10.1. The Hall–Kier alpha value is -3.79. The summed E-state index contributed by atoms with van der Waals surface area (Å²) >= 11 is 0. The first-order chi connectivity index (χ1) is 15.1. The van der Waals surface area contributed by atoms with Gasteiger partial charge in [-0.1, -0.05) is 18.2 Å². The summed E-state index contributed by atoms with van der Waals surface area (Å²) in [5, 5.41) is 18.4. The largest absolute Gasteiger partial charge is 0.395 e. The second-order valence-corrected chi connectivity index (χ2v) is 7.24. The van der Waals surface area contributed by atoms with E-state index in [1.54, 1.807) is 6.33 Å². The van der Waals surface area contributed by atoms with Gasteiger partial charge in [0.2, 0.25) is 17.8 Å². The van der Waals surface area contributed by atoms with Gasteiger partial charge >= 0.3 is 0 Å². The maximum atomic E-state index is 9.04. The Bertz CT molecular complexity index is 1140. The van der Waals surface area contributed by atoms with E-state index in [0.717, 1.165) is 22.4 Å². The average molecular weight is 419 g/mol. The zero-order valence-electron chi connectivity index (χ0n) is 17.4. The number of imidazole rings is 1. The fourth-order valence-electron chi connectivity index (χ4n) is 3.01. The Kier molecular flexibility index (Phi) is 6.18. The Balaban J connectivity index is 1.47. The molecule has 0 aliphatic rings. The summed E-state index contributed by atoms with van der Waals surface area (Å²) in [4.78, 5) is 22.1. The van der Waals surface area contributed by atoms with Crippen molar-refractivity contribution >= 4 is 28.9 Å². The number of fused-ring (bicyclic) bond motifs is 1. The van der Waals surface area contributed by atoms with Crippen molar-refractivity contribution in [1.29, 1.82) is 0 Å². The van der Waals surface area contributed by atoms with Crippen LogP contribution in [0.25, 0.3) is 16.9 Å². The van der Waals surface area contributed by atoms with E-state index in [2.05, 4.69) is 40.9 Å². The summed E-state index contributed by atoms with van der Waals surface area (Å²) in [5.74, 6) is 2.10. The molecule has 0 bridgehead atoms. The number of hydrogen-bond donors (Lipinski definition) is 4. The first-order valence-corrected chi connectivity index (χ1v) is 10.1. The third kappa shape index (κ3) is 5.04. The number of rotatable bonds is 9. The van der Waals surface area contributed by atoms with Crippen molar-refractivity contribution in [3.05, 3.63) is 54.5 Å². The molecule has 3 heterocycles. The van der Waals surface area contributed by atoms with E-state index in [9.17, 15) is 0 Å². The molecule has 0 amide bonds. The SMILES string of the molecule is CC(C)Nc1nc(NCCO)nc(NCc2ccc(-n3cnc4ccccc43)nc2)n1. The third-order valence-electron chi connectivity index (χ3n) is 4.41. The molecule has 0 aliphatic carbocycles. The molecule has 0 saturated carbocycles. The van der Waals surface area contributed by atoms with Crippen molar-refractivity contribution in [3.63, 3.8) is 0 Å². The van der Waals surface area contributed by atoms with Crippen LogP contribution in [0.5, 0.6) is 0 Å². The van der Waals surface area contributed by atoms with Crippen LogP contribution in [0.4, 0.5) is 17.8 Å². The Morgan fingerprint density at radius 3 is 2.45 bits per heavy atom. The van der Waals surface area contributed by atoms with Crippen LogP contribution >= 0.6 is 0 Å². The van der Waals surface area contributed by atoms with Gasteiger partial charge < -0.3 is 21.1 Å². The molecule has 4 rings (SSSR count). The standard InChI is InChI=1S/C21H25N9O/c1-14(2)26-21-28-19(22-9-10-31)27-20(29-21)24-12-15-7-8-18(23-11-15)30-13-25-16-5-3-4-6-17(16)30/h3-8,11,13-14,31H,9-10,12H2,1-2H3,(H3,22,24,26,27,28,29). The lowest BCUT2D eigenvalue weighted by Crippen LogP contribution is -2.17. The monoisotopic (exact) mass is 419 g/mol. The Morgan fingerprint density at radius 1 is 0.935 bits per heavy atom. The summed E-state index contributed by atoms with van der Waals surface area (Å²) in [5.41, 5.74) is 2.93. The van der Waals surface area contributed by atoms with Crippen molar-refractivity contribution in [1.82, 2.24) is 29.5 Å². The lowest BCUT2D eigenvalue weighted by atomic mass is 10.2. The molecule has 0 saturated heterocycles. The van der Waals surface area contributed by atoms with Crippen molar-refractivity contribution in [3.8, 4) is 5.82 Å². The van der Waals surface area contributed by atoms with Gasteiger partial charge in [0.15, 0.2) is 0 Å². The molecule has 0 aliphatic heterocycles. The number of hydrogen-bond acceptors (Lipinski definition) is 9. The van der Waals surface area contributed by atoms with Crippen molar-refractivity contribution in [2.75, 3.05) is 29.1 Å². The minimum atomic E-state index is -0.00833. The van der Waals surface area contributed by atoms with E-state index >= 15 is 0 Å². The lowest BCUT2D eigenvalue weighted by Gasteiger charge is -2.12. The van der Waals surface area contributed by atoms with E-state index in [1.165, 1.54) is 0 Å². The highest BCUT2D eigenvalue weighted by atomic mass is 16.3. The normalized spacial score (nSPS) is 11.1. The molecule has 0 spiro atoms. The molecule has 0 unspecified atom stereocenters. The molecule has 3 aromatic heterocycles. The van der Waals surface area contributed by atoms with E-state index in [4.69, 9.17) is 5.11 Å². The van der Waals surface area contributed by atoms with E-state index in [0.29, 0.717) is 30.9 Å². The number of aliphatic hydroxyl groups is 1. The number of aromatic nitrogens is 6. The molecule has 160 valence electrons. The van der Waals surface area contributed by atoms with E-state index in [-0.39, 0.29) is 12.6 Å². The van der Waals surface area contributed by atoms with Crippen molar-refractivity contribution < 1.29 is 5.11 Å². The Labute approximate surface area is 179 Å². The topological polar surface area (TPSA) is 126 Å². The molecular weight excluding hydrogens is 394 g/mol. The van der Waals surface area contributed by atoms with Crippen molar-refractivity contribution in [2.45, 2.75) is 26.4 Å². The van der Waals surface area contributed by atoms with Crippen LogP contribution in [0.1, 0.15) is 19.4 Å². The predicted octanol–water partition coefficient (Wildman–Crippen LogP) is 2.44. The van der Waals surface area contributed by atoms with Gasteiger partial charge in [0.05, 0.1) is 17.6 Å². The summed E-state index contributed by atoms with van der Waals surface area (Å²) in [6.07, 6.45) is 3.59. The Morgan fingerprint density at radius 2 is 1.71 bits per heavy atom. The molecule has 0 fully saturated rings. The highest BCUT2D eigenvalue weighted by Gasteiger charge is 2.09. The van der Waals surface area contributed by atoms with E-state index < -0.39 is 0 Å². The van der Waals surface area contributed by atoms with Gasteiger partial charge in [0.1, 0.15) is 12.1 Å². The third-order valence-corrected chi connectivity index (χ3v) is 4.41. The average Bonchev–Trinajstić information content (AvgIpc) is 3.20. The number of benzene rings is 1. The zero-order chi connectivity index (χ0) is 21.6. The number of pyridine rings is 1. The summed E-state index contributed by atoms with van der Waals surface area (Å²) in [6, 6.07) is 12.1. The molecule has 10 nitrogen and oxygen atoms in total. The van der Waals surface area contributed by atoms with Gasteiger partial charge in [-0.25, -0.2) is 9.97 Å². The number of nitrogens with one attached hydrogen (secondary N) is 3. The second-order valence-electron chi connectivity index (χ2n) is 7.24. The van der Waals surface area contributed by atoms with Gasteiger partial charge in [-0.05, 0) is 37.6 Å². The number of anilines is 3. The van der Waals surface area contributed by atoms with Crippen LogP contribution in [0.2, 0.25) is 0 Å². The zero-order valence-corrected chi connectivity index (χ0v) is 17.4. The molecule has 31 heavy (non-hydrogen) atoms. The fourth-order valence-corrected chi connectivity index (χ4v) is 3.01. The molecule has 10 heteroatoms. The van der Waals surface area contributed by atoms with Crippen LogP contribution < -0.4 is 16.0 Å². The minimum absolute atomic E-state index is 0.00833. The number of nitrogens with zero attached hydrogens (tertiary/aromatic N) is 6. The van der Waals surface area contributed by atoms with Gasteiger partial charge in [0.25, 0.3) is 0 Å². The number of para-hydroxylation sites is 2. The van der Waals surface area contributed by atoms with Gasteiger partial charge in [-0.15, -0.1) is 0 Å². The second kappa shape index (κ2) is 9.35. The molecule has 4 aromatic rings. The smallest absolute Gasteiger partial charge is 0.229 e. The minimum Gasteiger partial charge on any atom is -0.395 e. The fraction of sp³-hybridized carbons (Fsp3) is 0.286. The highest BCUT2D eigenvalue weighted by Crippen LogP contribution is 2.17. The molecular formula is C21H25N9O. The summed E-state index contributed by atoms with van der Waals surface area (Å²) < 4.78 is 1.96. The molecule has 0 radical (unpaired) electrons. The van der Waals surface area contributed by atoms with E-state index in [1.807, 2.05) is 61.0 Å². The van der Waals surface area contributed by atoms with Crippen LogP contribution in [-0.2, 0) is 6.54 Å². The highest BCUT2D eigenvalue weighted by molar-refractivity contribution is 5.76. The quantitative estimate of drug-likeness (QED) is 0.324. The maximum absolute atomic E-state index is 9.04. The molecule has 0 atom stereocenters.